The molecule has 2 amide bonds. The molecule has 23 heavy (non-hydrogen) atoms. The first kappa shape index (κ1) is 16.7. The highest BCUT2D eigenvalue weighted by molar-refractivity contribution is 5.99. The molecule has 2 aromatic carbocycles. The Bertz CT molecular complexity index is 711. The Morgan fingerprint density at radius 1 is 1.09 bits per heavy atom. The monoisotopic (exact) mass is 314 g/mol. The SMILES string of the molecule is CCc1cccc(C)c1NC(=O)CNC(=O)c1ccc(F)cc1. The highest BCUT2D eigenvalue weighted by atomic mass is 19.1. The lowest BCUT2D eigenvalue weighted by Crippen LogP contribution is -2.33. The summed E-state index contributed by atoms with van der Waals surface area (Å²) in [7, 11) is 0. The van der Waals surface area contributed by atoms with E-state index in [1.54, 1.807) is 0 Å². The highest BCUT2D eigenvalue weighted by Crippen LogP contribution is 2.20. The van der Waals surface area contributed by atoms with E-state index in [1.807, 2.05) is 32.0 Å². The average molecular weight is 314 g/mol. The Morgan fingerprint density at radius 2 is 1.78 bits per heavy atom. The van der Waals surface area contributed by atoms with E-state index in [9.17, 15) is 14.0 Å². The van der Waals surface area contributed by atoms with Gasteiger partial charge >= 0.3 is 0 Å². The third kappa shape index (κ3) is 4.39. The van der Waals surface area contributed by atoms with Crippen LogP contribution < -0.4 is 10.6 Å². The van der Waals surface area contributed by atoms with E-state index in [2.05, 4.69) is 10.6 Å². The Kier molecular flexibility index (Phi) is 5.46. The van der Waals surface area contributed by atoms with Gasteiger partial charge < -0.3 is 10.6 Å². The van der Waals surface area contributed by atoms with Gasteiger partial charge in [-0.05, 0) is 48.7 Å². The van der Waals surface area contributed by atoms with Crippen LogP contribution in [-0.4, -0.2) is 18.4 Å². The van der Waals surface area contributed by atoms with Crippen molar-refractivity contribution >= 4 is 17.5 Å². The first-order chi connectivity index (χ1) is 11.0. The molecule has 0 saturated carbocycles. The maximum atomic E-state index is 12.8. The summed E-state index contributed by atoms with van der Waals surface area (Å²) in [4.78, 5) is 23.9. The summed E-state index contributed by atoms with van der Waals surface area (Å²) in [5.74, 6) is -1.13. The van der Waals surface area contributed by atoms with Crippen molar-refractivity contribution in [1.82, 2.24) is 5.32 Å². The predicted molar refractivity (Wildman–Crippen MR) is 87.9 cm³/mol. The van der Waals surface area contributed by atoms with Crippen LogP contribution in [0.5, 0.6) is 0 Å². The fraction of sp³-hybridized carbons (Fsp3) is 0.222. The minimum absolute atomic E-state index is 0.145. The third-order valence-electron chi connectivity index (χ3n) is 3.52. The van der Waals surface area contributed by atoms with Crippen LogP contribution in [0.2, 0.25) is 0 Å². The lowest BCUT2D eigenvalue weighted by Gasteiger charge is -2.13. The summed E-state index contributed by atoms with van der Waals surface area (Å²) in [6, 6.07) is 11.0. The van der Waals surface area contributed by atoms with Crippen molar-refractivity contribution < 1.29 is 14.0 Å². The molecule has 0 fully saturated rings. The van der Waals surface area contributed by atoms with Gasteiger partial charge in [-0.3, -0.25) is 9.59 Å². The molecule has 0 aliphatic rings. The molecule has 2 N–H and O–H groups in total. The summed E-state index contributed by atoms with van der Waals surface area (Å²) >= 11 is 0. The van der Waals surface area contributed by atoms with Crippen molar-refractivity contribution in [3.63, 3.8) is 0 Å². The van der Waals surface area contributed by atoms with Crippen molar-refractivity contribution in [1.29, 1.82) is 0 Å². The first-order valence-electron chi connectivity index (χ1n) is 7.43. The Hall–Kier alpha value is -2.69. The van der Waals surface area contributed by atoms with Crippen LogP contribution >= 0.6 is 0 Å². The van der Waals surface area contributed by atoms with Gasteiger partial charge in [-0.25, -0.2) is 4.39 Å². The molecule has 0 aliphatic heterocycles. The second-order valence-electron chi connectivity index (χ2n) is 5.20. The van der Waals surface area contributed by atoms with Gasteiger partial charge in [-0.15, -0.1) is 0 Å². The average Bonchev–Trinajstić information content (AvgIpc) is 2.55. The fourth-order valence-corrected chi connectivity index (χ4v) is 2.25. The van der Waals surface area contributed by atoms with Gasteiger partial charge in [0, 0.05) is 11.3 Å². The first-order valence-corrected chi connectivity index (χ1v) is 7.43. The van der Waals surface area contributed by atoms with Gasteiger partial charge in [0.2, 0.25) is 5.91 Å². The number of para-hydroxylation sites is 1. The molecular formula is C18H19FN2O2. The standard InChI is InChI=1S/C18H19FN2O2/c1-3-13-6-4-5-12(2)17(13)21-16(22)11-20-18(23)14-7-9-15(19)10-8-14/h4-10H,3,11H2,1-2H3,(H,20,23)(H,21,22). The molecule has 0 saturated heterocycles. The van der Waals surface area contributed by atoms with Crippen molar-refractivity contribution in [2.24, 2.45) is 0 Å². The van der Waals surface area contributed by atoms with E-state index >= 15 is 0 Å². The zero-order valence-corrected chi connectivity index (χ0v) is 13.2. The van der Waals surface area contributed by atoms with Crippen LogP contribution in [0.15, 0.2) is 42.5 Å². The number of halogens is 1. The smallest absolute Gasteiger partial charge is 0.251 e. The maximum absolute atomic E-state index is 12.8. The second kappa shape index (κ2) is 7.54. The Balaban J connectivity index is 1.95. The van der Waals surface area contributed by atoms with E-state index in [4.69, 9.17) is 0 Å². The molecule has 0 unspecified atom stereocenters. The van der Waals surface area contributed by atoms with E-state index in [0.717, 1.165) is 23.2 Å². The van der Waals surface area contributed by atoms with Crippen LogP contribution in [-0.2, 0) is 11.2 Å². The fourth-order valence-electron chi connectivity index (χ4n) is 2.25. The summed E-state index contributed by atoms with van der Waals surface area (Å²) in [6.07, 6.45) is 0.805. The molecular weight excluding hydrogens is 295 g/mol. The largest absolute Gasteiger partial charge is 0.343 e. The molecule has 2 rings (SSSR count). The molecule has 0 aromatic heterocycles. The van der Waals surface area contributed by atoms with E-state index in [1.165, 1.54) is 24.3 Å². The molecule has 2 aromatic rings. The van der Waals surface area contributed by atoms with Crippen molar-refractivity contribution in [2.75, 3.05) is 11.9 Å². The minimum Gasteiger partial charge on any atom is -0.343 e. The van der Waals surface area contributed by atoms with Crippen molar-refractivity contribution in [3.8, 4) is 0 Å². The molecule has 0 spiro atoms. The summed E-state index contributed by atoms with van der Waals surface area (Å²) in [6.45, 7) is 3.79. The molecule has 0 heterocycles. The van der Waals surface area contributed by atoms with Crippen molar-refractivity contribution in [3.05, 3.63) is 65.0 Å². The zero-order chi connectivity index (χ0) is 16.8. The van der Waals surface area contributed by atoms with Crippen molar-refractivity contribution in [2.45, 2.75) is 20.3 Å². The number of carbonyl (C=O) groups is 2. The molecule has 4 nitrogen and oxygen atoms in total. The minimum atomic E-state index is -0.416. The van der Waals surface area contributed by atoms with Gasteiger partial charge in [0.1, 0.15) is 5.82 Å². The number of benzene rings is 2. The highest BCUT2D eigenvalue weighted by Gasteiger charge is 2.11. The molecule has 0 bridgehead atoms. The van der Waals surface area contributed by atoms with Gasteiger partial charge in [-0.1, -0.05) is 25.1 Å². The lowest BCUT2D eigenvalue weighted by atomic mass is 10.1. The number of hydrogen-bond acceptors (Lipinski definition) is 2. The van der Waals surface area contributed by atoms with Crippen LogP contribution in [0.25, 0.3) is 0 Å². The maximum Gasteiger partial charge on any atom is 0.251 e. The van der Waals surface area contributed by atoms with E-state index in [-0.39, 0.29) is 12.5 Å². The predicted octanol–water partition coefficient (Wildman–Crippen LogP) is 3.07. The summed E-state index contributed by atoms with van der Waals surface area (Å²) < 4.78 is 12.8. The van der Waals surface area contributed by atoms with Crippen LogP contribution in [0.1, 0.15) is 28.4 Å². The Labute approximate surface area is 134 Å². The lowest BCUT2D eigenvalue weighted by molar-refractivity contribution is -0.115. The molecule has 0 aliphatic carbocycles. The number of anilines is 1. The van der Waals surface area contributed by atoms with E-state index in [0.29, 0.717) is 5.56 Å². The zero-order valence-electron chi connectivity index (χ0n) is 13.2. The quantitative estimate of drug-likeness (QED) is 0.891. The van der Waals surface area contributed by atoms with Gasteiger partial charge in [0.05, 0.1) is 6.54 Å². The molecule has 120 valence electrons. The topological polar surface area (TPSA) is 58.2 Å². The van der Waals surface area contributed by atoms with E-state index < -0.39 is 11.7 Å². The molecule has 0 radical (unpaired) electrons. The van der Waals surface area contributed by atoms with Crippen LogP contribution in [0.3, 0.4) is 0 Å². The van der Waals surface area contributed by atoms with Gasteiger partial charge in [0.15, 0.2) is 0 Å². The van der Waals surface area contributed by atoms with Crippen LogP contribution in [0, 0.1) is 12.7 Å². The molecule has 0 atom stereocenters. The number of carbonyl (C=O) groups excluding carboxylic acids is 2. The number of aryl methyl sites for hydroxylation is 2. The van der Waals surface area contributed by atoms with Gasteiger partial charge in [-0.2, -0.15) is 0 Å². The second-order valence-corrected chi connectivity index (χ2v) is 5.20. The number of rotatable bonds is 5. The number of hydrogen-bond donors (Lipinski definition) is 2. The third-order valence-corrected chi connectivity index (χ3v) is 3.52. The normalized spacial score (nSPS) is 10.2. The molecule has 5 heteroatoms. The number of amides is 2. The van der Waals surface area contributed by atoms with Gasteiger partial charge in [0.25, 0.3) is 5.91 Å². The summed E-state index contributed by atoms with van der Waals surface area (Å²) in [5, 5.41) is 5.35. The summed E-state index contributed by atoms with van der Waals surface area (Å²) in [5.41, 5.74) is 3.12. The number of nitrogens with one attached hydrogen (secondary N) is 2. The Morgan fingerprint density at radius 3 is 2.43 bits per heavy atom. The van der Waals surface area contributed by atoms with Crippen LogP contribution in [0.4, 0.5) is 10.1 Å².